The van der Waals surface area contributed by atoms with Crippen molar-refractivity contribution in [2.45, 2.75) is 26.3 Å². The summed E-state index contributed by atoms with van der Waals surface area (Å²) in [6, 6.07) is 1.91. The Balaban J connectivity index is 2.72. The van der Waals surface area contributed by atoms with Gasteiger partial charge in [0.05, 0.1) is 13.0 Å². The Kier molecular flexibility index (Phi) is 4.04. The van der Waals surface area contributed by atoms with Gasteiger partial charge in [0.2, 0.25) is 0 Å². The molecule has 1 unspecified atom stereocenters. The number of nitro groups is 1. The first-order valence-electron chi connectivity index (χ1n) is 4.90. The Labute approximate surface area is 92.3 Å². The summed E-state index contributed by atoms with van der Waals surface area (Å²) < 4.78 is 9.80. The predicted octanol–water partition coefficient (Wildman–Crippen LogP) is 1.34. The van der Waals surface area contributed by atoms with Crippen LogP contribution in [0.1, 0.15) is 18.4 Å². The highest BCUT2D eigenvalue weighted by Crippen LogP contribution is 2.11. The second-order valence-electron chi connectivity index (χ2n) is 3.27. The molecule has 0 spiro atoms. The van der Waals surface area contributed by atoms with Gasteiger partial charge in [0.25, 0.3) is 0 Å². The normalized spacial score (nSPS) is 12.1. The lowest BCUT2D eigenvalue weighted by Gasteiger charge is -2.06. The molecule has 0 aliphatic rings. The second-order valence-corrected chi connectivity index (χ2v) is 3.27. The van der Waals surface area contributed by atoms with Crippen LogP contribution in [0.15, 0.2) is 16.5 Å². The highest BCUT2D eigenvalue weighted by molar-refractivity contribution is 5.74. The Bertz CT molecular complexity index is 384. The van der Waals surface area contributed by atoms with Crippen molar-refractivity contribution < 1.29 is 18.9 Å². The molecule has 0 saturated carbocycles. The largest absolute Gasteiger partial charge is 0.466 e. The van der Waals surface area contributed by atoms with Crippen molar-refractivity contribution >= 4 is 5.97 Å². The smallest absolute Gasteiger partial charge is 0.382 e. The van der Waals surface area contributed by atoms with Crippen molar-refractivity contribution in [2.75, 3.05) is 6.61 Å². The molecule has 6 nitrogen and oxygen atoms in total. The first-order chi connectivity index (χ1) is 7.54. The van der Waals surface area contributed by atoms with Crippen LogP contribution in [0, 0.1) is 17.0 Å². The van der Waals surface area contributed by atoms with Gasteiger partial charge in [0.1, 0.15) is 11.5 Å². The van der Waals surface area contributed by atoms with Gasteiger partial charge in [0.15, 0.2) is 0 Å². The highest BCUT2D eigenvalue weighted by atomic mass is 16.6. The van der Waals surface area contributed by atoms with Crippen molar-refractivity contribution in [2.24, 2.45) is 0 Å². The molecule has 6 heteroatoms. The summed E-state index contributed by atoms with van der Waals surface area (Å²) in [4.78, 5) is 21.3. The minimum atomic E-state index is -1.40. The van der Waals surface area contributed by atoms with Crippen molar-refractivity contribution in [1.82, 2.24) is 0 Å². The second kappa shape index (κ2) is 5.29. The maximum Gasteiger partial charge on any atom is 0.382 e. The third-order valence-corrected chi connectivity index (χ3v) is 2.00. The van der Waals surface area contributed by atoms with Crippen LogP contribution in [0.25, 0.3) is 0 Å². The molecule has 1 atom stereocenters. The molecule has 0 saturated heterocycles. The summed E-state index contributed by atoms with van der Waals surface area (Å²) in [7, 11) is 0. The maximum absolute atomic E-state index is 11.3. The number of hydrogen-bond acceptors (Lipinski definition) is 5. The van der Waals surface area contributed by atoms with Gasteiger partial charge >= 0.3 is 12.0 Å². The molecule has 0 amide bonds. The molecule has 1 aromatic rings. The fourth-order valence-corrected chi connectivity index (χ4v) is 1.27. The molecule has 88 valence electrons. The van der Waals surface area contributed by atoms with Crippen LogP contribution in [0.5, 0.6) is 0 Å². The summed E-state index contributed by atoms with van der Waals surface area (Å²) in [6.45, 7) is 3.46. The summed E-state index contributed by atoms with van der Waals surface area (Å²) in [5.41, 5.74) is 0. The first-order valence-corrected chi connectivity index (χ1v) is 4.90. The van der Waals surface area contributed by atoms with E-state index in [0.717, 1.165) is 0 Å². The van der Waals surface area contributed by atoms with Gasteiger partial charge in [-0.25, -0.2) is 4.79 Å². The monoisotopic (exact) mass is 227 g/mol. The van der Waals surface area contributed by atoms with E-state index in [0.29, 0.717) is 11.5 Å². The number of hydrogen-bond donors (Lipinski definition) is 0. The van der Waals surface area contributed by atoms with Crippen LogP contribution in [-0.4, -0.2) is 23.5 Å². The Hall–Kier alpha value is -1.85. The molecule has 0 radical (unpaired) electrons. The highest BCUT2D eigenvalue weighted by Gasteiger charge is 2.32. The zero-order valence-electron chi connectivity index (χ0n) is 9.13. The van der Waals surface area contributed by atoms with Crippen LogP contribution in [0.4, 0.5) is 0 Å². The fourth-order valence-electron chi connectivity index (χ4n) is 1.27. The summed E-state index contributed by atoms with van der Waals surface area (Å²) in [5.74, 6) is 0.231. The van der Waals surface area contributed by atoms with Gasteiger partial charge < -0.3 is 9.15 Å². The molecule has 16 heavy (non-hydrogen) atoms. The summed E-state index contributed by atoms with van der Waals surface area (Å²) >= 11 is 0. The SMILES string of the molecule is CCOC(=O)C(Cc1ccc(C)o1)[N+](=O)[O-]. The third-order valence-electron chi connectivity index (χ3n) is 2.00. The lowest BCUT2D eigenvalue weighted by atomic mass is 10.2. The van der Waals surface area contributed by atoms with E-state index >= 15 is 0 Å². The Morgan fingerprint density at radius 3 is 2.75 bits per heavy atom. The van der Waals surface area contributed by atoms with E-state index in [2.05, 4.69) is 4.74 Å². The minimum Gasteiger partial charge on any atom is -0.466 e. The van der Waals surface area contributed by atoms with Gasteiger partial charge in [-0.3, -0.25) is 10.1 Å². The molecular weight excluding hydrogens is 214 g/mol. The lowest BCUT2D eigenvalue weighted by Crippen LogP contribution is -2.33. The van der Waals surface area contributed by atoms with Crippen LogP contribution in [0.2, 0.25) is 0 Å². The van der Waals surface area contributed by atoms with Crippen molar-refractivity contribution in [3.8, 4) is 0 Å². The number of furan rings is 1. The molecule has 1 heterocycles. The predicted molar refractivity (Wildman–Crippen MR) is 54.6 cm³/mol. The average Bonchev–Trinajstić information content (AvgIpc) is 2.60. The summed E-state index contributed by atoms with van der Waals surface area (Å²) in [6.07, 6.45) is -0.0837. The van der Waals surface area contributed by atoms with Gasteiger partial charge in [-0.1, -0.05) is 0 Å². The molecule has 0 aromatic carbocycles. The van der Waals surface area contributed by atoms with Gasteiger partial charge in [0, 0.05) is 4.92 Å². The van der Waals surface area contributed by atoms with E-state index in [1.165, 1.54) is 0 Å². The van der Waals surface area contributed by atoms with E-state index in [-0.39, 0.29) is 13.0 Å². The van der Waals surface area contributed by atoms with E-state index < -0.39 is 16.9 Å². The Morgan fingerprint density at radius 1 is 1.62 bits per heavy atom. The topological polar surface area (TPSA) is 82.6 Å². The number of nitrogens with zero attached hydrogens (tertiary/aromatic N) is 1. The standard InChI is InChI=1S/C10H13NO5/c1-3-15-10(12)9(11(13)14)6-8-5-4-7(2)16-8/h4-5,9H,3,6H2,1-2H3. The molecule has 1 aromatic heterocycles. The molecule has 1 rings (SSSR count). The molecule has 0 aliphatic carbocycles. The van der Waals surface area contributed by atoms with E-state index in [1.54, 1.807) is 26.0 Å². The molecule has 0 N–H and O–H groups in total. The van der Waals surface area contributed by atoms with Crippen LogP contribution in [0.3, 0.4) is 0 Å². The van der Waals surface area contributed by atoms with E-state index in [1.807, 2.05) is 0 Å². The molecule has 0 aliphatic heterocycles. The third kappa shape index (κ3) is 3.08. The average molecular weight is 227 g/mol. The first kappa shape index (κ1) is 12.2. The van der Waals surface area contributed by atoms with Crippen LogP contribution >= 0.6 is 0 Å². The maximum atomic E-state index is 11.3. The molecular formula is C10H13NO5. The minimum absolute atomic E-state index is 0.0837. The lowest BCUT2D eigenvalue weighted by molar-refractivity contribution is -0.510. The van der Waals surface area contributed by atoms with Crippen LogP contribution < -0.4 is 0 Å². The number of aryl methyl sites for hydroxylation is 1. The molecule has 0 bridgehead atoms. The van der Waals surface area contributed by atoms with Crippen molar-refractivity contribution in [3.63, 3.8) is 0 Å². The molecule has 0 fully saturated rings. The zero-order valence-corrected chi connectivity index (χ0v) is 9.13. The van der Waals surface area contributed by atoms with Crippen molar-refractivity contribution in [3.05, 3.63) is 33.8 Å². The van der Waals surface area contributed by atoms with Crippen molar-refractivity contribution in [1.29, 1.82) is 0 Å². The van der Waals surface area contributed by atoms with E-state index in [4.69, 9.17) is 4.42 Å². The zero-order chi connectivity index (χ0) is 12.1. The number of carbonyl (C=O) groups excluding carboxylic acids is 1. The number of ether oxygens (including phenoxy) is 1. The number of esters is 1. The fraction of sp³-hybridized carbons (Fsp3) is 0.500. The van der Waals surface area contributed by atoms with Gasteiger partial charge in [-0.2, -0.15) is 0 Å². The van der Waals surface area contributed by atoms with Gasteiger partial charge in [-0.15, -0.1) is 0 Å². The quantitative estimate of drug-likeness (QED) is 0.430. The van der Waals surface area contributed by atoms with Gasteiger partial charge in [-0.05, 0) is 26.0 Å². The van der Waals surface area contributed by atoms with Crippen LogP contribution in [-0.2, 0) is 16.0 Å². The number of carbonyl (C=O) groups is 1. The Morgan fingerprint density at radius 2 is 2.31 bits per heavy atom. The number of rotatable bonds is 5. The summed E-state index contributed by atoms with van der Waals surface area (Å²) in [5, 5.41) is 10.7. The van der Waals surface area contributed by atoms with E-state index in [9.17, 15) is 14.9 Å².